The van der Waals surface area contributed by atoms with E-state index in [0.29, 0.717) is 18.5 Å². The van der Waals surface area contributed by atoms with E-state index in [0.717, 1.165) is 57.8 Å². The van der Waals surface area contributed by atoms with Crippen molar-refractivity contribution in [3.8, 4) is 0 Å². The van der Waals surface area contributed by atoms with Gasteiger partial charge in [0.05, 0.1) is 0 Å². The fourth-order valence-corrected chi connectivity index (χ4v) is 6.62. The van der Waals surface area contributed by atoms with Crippen molar-refractivity contribution in [2.45, 2.75) is 137 Å². The maximum Gasteiger partial charge on any atom is 3.00 e. The molecule has 6 atom stereocenters. The Bertz CT molecular complexity index is 522. The minimum atomic E-state index is -3.04. The molecule has 0 saturated heterocycles. The van der Waals surface area contributed by atoms with Gasteiger partial charge in [-0.1, -0.05) is 101 Å². The summed E-state index contributed by atoms with van der Waals surface area (Å²) in [5.74, 6) is 0. The fourth-order valence-electron chi connectivity index (χ4n) is 3.02. The Morgan fingerprint density at radius 1 is 0.500 bits per heavy atom. The number of hydrogen-bond acceptors (Lipinski definition) is 6. The molecule has 0 aliphatic rings. The van der Waals surface area contributed by atoms with E-state index in [-0.39, 0.29) is 34.3 Å². The molecule has 0 rings (SSSR count). The number of rotatable bonds is 15. The predicted molar refractivity (Wildman–Crippen MR) is 147 cm³/mol. The summed E-state index contributed by atoms with van der Waals surface area (Å²) < 4.78 is 33.7. The van der Waals surface area contributed by atoms with Gasteiger partial charge in [-0.25, -0.2) is 0 Å². The molecule has 6 nitrogen and oxygen atoms in total. The van der Waals surface area contributed by atoms with Gasteiger partial charge >= 0.3 is 17.4 Å². The average molecular weight is 559 g/mol. The number of unbranched alkanes of at least 4 members (excludes halogenated alkanes) is 3. The summed E-state index contributed by atoms with van der Waals surface area (Å²) in [7, 11) is -9.13. The molecule has 0 N–H and O–H groups in total. The summed E-state index contributed by atoms with van der Waals surface area (Å²) >= 11 is 0. The first-order valence-corrected chi connectivity index (χ1v) is 18.7. The zero-order valence-electron chi connectivity index (χ0n) is 23.6. The van der Waals surface area contributed by atoms with Crippen LogP contribution in [-0.2, 0) is 13.7 Å². The molecule has 0 heterocycles. The van der Waals surface area contributed by atoms with Gasteiger partial charge in [0.1, 0.15) is 0 Å². The molecule has 0 spiro atoms. The molecule has 0 saturated carbocycles. The van der Waals surface area contributed by atoms with E-state index < -0.39 is 22.1 Å². The van der Waals surface area contributed by atoms with Gasteiger partial charge in [-0.05, 0) is 54.7 Å². The van der Waals surface area contributed by atoms with Crippen LogP contribution in [0.25, 0.3) is 0 Å². The largest absolute Gasteiger partial charge is 3.00 e. The van der Waals surface area contributed by atoms with Crippen molar-refractivity contribution in [2.24, 2.45) is 0 Å². The molecule has 0 fully saturated rings. The van der Waals surface area contributed by atoms with E-state index in [1.54, 1.807) is 20.8 Å². The molecule has 0 amide bonds. The van der Waals surface area contributed by atoms with Crippen LogP contribution in [0, 0.1) is 0 Å². The molecule has 10 heteroatoms. The summed E-state index contributed by atoms with van der Waals surface area (Å²) in [5, 5.41) is 0. The molecule has 0 aromatic carbocycles. The van der Waals surface area contributed by atoms with Gasteiger partial charge in [-0.3, -0.25) is 0 Å². The van der Waals surface area contributed by atoms with E-state index in [2.05, 4.69) is 20.8 Å². The molecule has 0 aromatic rings. The van der Waals surface area contributed by atoms with E-state index >= 15 is 0 Å². The van der Waals surface area contributed by atoms with Gasteiger partial charge in [-0.2, -0.15) is 0 Å². The van der Waals surface area contributed by atoms with Crippen LogP contribution in [0.15, 0.2) is 0 Å². The first-order valence-electron chi connectivity index (χ1n) is 13.0. The predicted octanol–water partition coefficient (Wildman–Crippen LogP) is 6.29. The first-order chi connectivity index (χ1) is 15.1. The third-order valence-electron chi connectivity index (χ3n) is 6.26. The van der Waals surface area contributed by atoms with Crippen molar-refractivity contribution in [3.63, 3.8) is 0 Å². The molecule has 0 radical (unpaired) electrons. The van der Waals surface area contributed by atoms with Gasteiger partial charge in [0.2, 0.25) is 0 Å². The molecule has 6 unspecified atom stereocenters. The monoisotopic (exact) mass is 558 g/mol. The summed E-state index contributed by atoms with van der Waals surface area (Å²) in [6.45, 7) is 16.8. The van der Waals surface area contributed by atoms with Crippen LogP contribution in [0.3, 0.4) is 0 Å². The van der Waals surface area contributed by atoms with Crippen molar-refractivity contribution in [1.82, 2.24) is 0 Å². The Morgan fingerprint density at radius 2 is 0.676 bits per heavy atom. The normalized spacial score (nSPS) is 18.7. The minimum absolute atomic E-state index is 0. The Balaban J connectivity index is -0.000000196. The van der Waals surface area contributed by atoms with Crippen LogP contribution in [0.2, 0.25) is 0 Å². The first kappa shape index (κ1) is 42.2. The van der Waals surface area contributed by atoms with Gasteiger partial charge < -0.3 is 28.4 Å². The quantitative estimate of drug-likeness (QED) is 0.172. The Hall–Kier alpha value is 1.10. The van der Waals surface area contributed by atoms with Crippen molar-refractivity contribution in [1.29, 1.82) is 0 Å². The Kier molecular flexibility index (Phi) is 28.8. The molecule has 0 aliphatic heterocycles. The minimum Gasteiger partial charge on any atom is -0.799 e. The van der Waals surface area contributed by atoms with Crippen molar-refractivity contribution in [2.75, 3.05) is 18.5 Å². The Morgan fingerprint density at radius 3 is 0.794 bits per heavy atom. The second-order valence-electron chi connectivity index (χ2n) is 9.10. The summed E-state index contributed by atoms with van der Waals surface area (Å²) in [6.07, 6.45) is 9.68. The third kappa shape index (κ3) is 21.2. The fraction of sp³-hybridized carbons (Fsp3) is 1.00. The van der Waals surface area contributed by atoms with Crippen LogP contribution in [0.1, 0.15) is 120 Å². The Labute approximate surface area is 223 Å². The SMILES string of the molecule is CCCCC(C)P(=O)([O-])CC.CCCCC(C)P(=O)([O-])CC.CCCCC(C)P(=O)([O-])CC.[Al+3]. The van der Waals surface area contributed by atoms with Crippen LogP contribution in [-0.4, -0.2) is 52.8 Å². The van der Waals surface area contributed by atoms with Crippen molar-refractivity contribution in [3.05, 3.63) is 0 Å². The molecular formula is C24H54AlO6P3. The van der Waals surface area contributed by atoms with Gasteiger partial charge in [0.25, 0.3) is 0 Å². The smallest absolute Gasteiger partial charge is 0.799 e. The van der Waals surface area contributed by atoms with Crippen molar-refractivity contribution >= 4 is 39.5 Å². The zero-order chi connectivity index (χ0) is 26.7. The van der Waals surface area contributed by atoms with Crippen LogP contribution >= 0.6 is 22.1 Å². The van der Waals surface area contributed by atoms with E-state index in [4.69, 9.17) is 0 Å². The van der Waals surface area contributed by atoms with Crippen molar-refractivity contribution < 1.29 is 28.4 Å². The topological polar surface area (TPSA) is 120 Å². The number of hydrogen-bond donors (Lipinski definition) is 0. The standard InChI is InChI=1S/3C8H19O2P.Al/c3*1-4-6-7-8(3)11(9,10)5-2;/h3*8H,4-7H2,1-3H3,(H,9,10);/q;;;+3/p-3. The average Bonchev–Trinajstić information content (AvgIpc) is 2.79. The van der Waals surface area contributed by atoms with Gasteiger partial charge in [0.15, 0.2) is 0 Å². The van der Waals surface area contributed by atoms with Gasteiger partial charge in [-0.15, -0.1) is 0 Å². The second-order valence-corrected chi connectivity index (χ2v) is 18.0. The second kappa shape index (κ2) is 23.2. The maximum absolute atomic E-state index is 11.2. The zero-order valence-corrected chi connectivity index (χ0v) is 27.4. The molecule has 0 aromatic heterocycles. The maximum atomic E-state index is 11.2. The van der Waals surface area contributed by atoms with Crippen LogP contribution in [0.5, 0.6) is 0 Å². The van der Waals surface area contributed by atoms with E-state index in [1.807, 2.05) is 20.8 Å². The van der Waals surface area contributed by atoms with E-state index in [1.165, 1.54) is 0 Å². The summed E-state index contributed by atoms with van der Waals surface area (Å²) in [5.41, 5.74) is -0.354. The summed E-state index contributed by atoms with van der Waals surface area (Å²) in [4.78, 5) is 33.7. The summed E-state index contributed by atoms with van der Waals surface area (Å²) in [6, 6.07) is 0. The van der Waals surface area contributed by atoms with Crippen LogP contribution in [0.4, 0.5) is 0 Å². The molecule has 34 heavy (non-hydrogen) atoms. The molecule has 204 valence electrons. The third-order valence-corrected chi connectivity index (χ3v) is 13.7. The molecular weight excluding hydrogens is 504 g/mol. The molecule has 0 bridgehead atoms. The van der Waals surface area contributed by atoms with E-state index in [9.17, 15) is 28.4 Å². The molecule has 0 aliphatic carbocycles. The van der Waals surface area contributed by atoms with Crippen LogP contribution < -0.4 is 14.7 Å². The van der Waals surface area contributed by atoms with Gasteiger partial charge in [0, 0.05) is 22.1 Å².